The van der Waals surface area contributed by atoms with Crippen molar-refractivity contribution in [3.8, 4) is 11.8 Å². The van der Waals surface area contributed by atoms with Gasteiger partial charge in [-0.05, 0) is 44.2 Å². The molecule has 2 N–H and O–H groups in total. The van der Waals surface area contributed by atoms with Crippen LogP contribution < -0.4 is 0 Å². The SMILES string of the molecule is CC(=N)c1c(C)n(-c2ccccc2)c2ccc(C#N)cc12.CC(=O)O. The standard InChI is InChI=1S/C18H15N3.C2H4O2/c1-12(20)18-13(2)21(15-6-4-3-5-7-15)17-9-8-14(11-19)10-16(17)18;1-2(3)4/h3-10,20H,1-2H3;1H3,(H,3,4). The van der Waals surface area contributed by atoms with Gasteiger partial charge in [-0.15, -0.1) is 0 Å². The lowest BCUT2D eigenvalue weighted by atomic mass is 10.1. The van der Waals surface area contributed by atoms with E-state index in [-0.39, 0.29) is 0 Å². The van der Waals surface area contributed by atoms with E-state index < -0.39 is 5.97 Å². The van der Waals surface area contributed by atoms with Crippen LogP contribution in [0.4, 0.5) is 0 Å². The molecule has 0 aliphatic carbocycles. The molecule has 0 spiro atoms. The van der Waals surface area contributed by atoms with E-state index in [1.807, 2.05) is 55.5 Å². The third-order valence-electron chi connectivity index (χ3n) is 3.72. The molecule has 1 heterocycles. The number of nitriles is 1. The molecule has 0 saturated heterocycles. The molecule has 0 aliphatic heterocycles. The summed E-state index contributed by atoms with van der Waals surface area (Å²) in [4.78, 5) is 9.00. The zero-order chi connectivity index (χ0) is 18.6. The lowest BCUT2D eigenvalue weighted by molar-refractivity contribution is -0.134. The lowest BCUT2D eigenvalue weighted by Gasteiger charge is -2.08. The number of hydrogen-bond donors (Lipinski definition) is 2. The summed E-state index contributed by atoms with van der Waals surface area (Å²) in [5, 5.41) is 25.6. The second kappa shape index (κ2) is 7.45. The number of nitrogens with zero attached hydrogens (tertiary/aromatic N) is 2. The van der Waals surface area contributed by atoms with E-state index in [1.54, 1.807) is 6.92 Å². The van der Waals surface area contributed by atoms with Gasteiger partial charge in [-0.1, -0.05) is 18.2 Å². The van der Waals surface area contributed by atoms with Gasteiger partial charge in [0.25, 0.3) is 5.97 Å². The summed E-state index contributed by atoms with van der Waals surface area (Å²) < 4.78 is 2.14. The molecule has 126 valence electrons. The highest BCUT2D eigenvalue weighted by atomic mass is 16.4. The number of carboxylic acids is 1. The van der Waals surface area contributed by atoms with E-state index in [4.69, 9.17) is 20.6 Å². The normalized spacial score (nSPS) is 9.84. The van der Waals surface area contributed by atoms with Gasteiger partial charge in [0.05, 0.1) is 17.1 Å². The number of rotatable bonds is 2. The summed E-state index contributed by atoms with van der Waals surface area (Å²) in [6.45, 7) is 4.89. The van der Waals surface area contributed by atoms with Gasteiger partial charge in [0, 0.05) is 35.0 Å². The summed E-state index contributed by atoms with van der Waals surface area (Å²) in [6.07, 6.45) is 0. The number of aliphatic carboxylic acids is 1. The van der Waals surface area contributed by atoms with Gasteiger partial charge in [-0.2, -0.15) is 5.26 Å². The average molecular weight is 333 g/mol. The zero-order valence-corrected chi connectivity index (χ0v) is 14.4. The van der Waals surface area contributed by atoms with Crippen LogP contribution in [0, 0.1) is 23.7 Å². The summed E-state index contributed by atoms with van der Waals surface area (Å²) in [5.74, 6) is -0.833. The number of nitrogens with one attached hydrogen (secondary N) is 1. The zero-order valence-electron chi connectivity index (χ0n) is 14.4. The second-order valence-electron chi connectivity index (χ2n) is 5.62. The van der Waals surface area contributed by atoms with Crippen molar-refractivity contribution in [2.45, 2.75) is 20.8 Å². The molecular formula is C20H19N3O2. The highest BCUT2D eigenvalue weighted by molar-refractivity contribution is 6.10. The summed E-state index contributed by atoms with van der Waals surface area (Å²) in [5.41, 5.74) is 5.17. The summed E-state index contributed by atoms with van der Waals surface area (Å²) >= 11 is 0. The molecule has 0 saturated carbocycles. The molecule has 1 aromatic heterocycles. The Balaban J connectivity index is 0.000000511. The van der Waals surface area contributed by atoms with E-state index in [2.05, 4.69) is 10.6 Å². The summed E-state index contributed by atoms with van der Waals surface area (Å²) in [6, 6.07) is 17.9. The van der Waals surface area contributed by atoms with Gasteiger partial charge in [0.15, 0.2) is 0 Å². The Hall–Kier alpha value is -3.39. The first kappa shape index (κ1) is 18.0. The van der Waals surface area contributed by atoms with E-state index >= 15 is 0 Å². The molecule has 5 nitrogen and oxygen atoms in total. The Morgan fingerprint density at radius 3 is 2.28 bits per heavy atom. The van der Waals surface area contributed by atoms with Crippen molar-refractivity contribution in [1.82, 2.24) is 4.57 Å². The predicted octanol–water partition coefficient (Wildman–Crippen LogP) is 4.29. The van der Waals surface area contributed by atoms with Crippen LogP contribution in [0.3, 0.4) is 0 Å². The van der Waals surface area contributed by atoms with Crippen LogP contribution >= 0.6 is 0 Å². The molecule has 0 aliphatic rings. The van der Waals surface area contributed by atoms with Crippen LogP contribution in [0.25, 0.3) is 16.6 Å². The number of benzene rings is 2. The molecule has 0 amide bonds. The first-order valence-corrected chi connectivity index (χ1v) is 7.72. The van der Waals surface area contributed by atoms with Gasteiger partial charge in [-0.3, -0.25) is 4.79 Å². The van der Waals surface area contributed by atoms with Crippen molar-refractivity contribution in [3.05, 3.63) is 65.4 Å². The average Bonchev–Trinajstić information content (AvgIpc) is 2.86. The van der Waals surface area contributed by atoms with E-state index in [0.29, 0.717) is 11.3 Å². The Labute approximate surface area is 146 Å². The first-order valence-electron chi connectivity index (χ1n) is 7.72. The van der Waals surface area contributed by atoms with Crippen molar-refractivity contribution in [1.29, 1.82) is 10.7 Å². The quantitative estimate of drug-likeness (QED) is 0.685. The van der Waals surface area contributed by atoms with Crippen molar-refractivity contribution < 1.29 is 9.90 Å². The van der Waals surface area contributed by atoms with Crippen molar-refractivity contribution in [2.24, 2.45) is 0 Å². The van der Waals surface area contributed by atoms with Crippen molar-refractivity contribution >= 4 is 22.6 Å². The minimum atomic E-state index is -0.833. The Morgan fingerprint density at radius 1 is 1.16 bits per heavy atom. The van der Waals surface area contributed by atoms with Gasteiger partial charge in [0.2, 0.25) is 0 Å². The van der Waals surface area contributed by atoms with Crippen molar-refractivity contribution in [3.63, 3.8) is 0 Å². The summed E-state index contributed by atoms with van der Waals surface area (Å²) in [7, 11) is 0. The molecule has 3 aromatic rings. The topological polar surface area (TPSA) is 89.9 Å². The predicted molar refractivity (Wildman–Crippen MR) is 98.5 cm³/mol. The van der Waals surface area contributed by atoms with Gasteiger partial charge in [0.1, 0.15) is 0 Å². The Morgan fingerprint density at radius 2 is 1.76 bits per heavy atom. The third-order valence-corrected chi connectivity index (χ3v) is 3.72. The Bertz CT molecular complexity index is 976. The van der Waals surface area contributed by atoms with Crippen LogP contribution in [0.2, 0.25) is 0 Å². The number of para-hydroxylation sites is 1. The van der Waals surface area contributed by atoms with Crippen LogP contribution in [0.5, 0.6) is 0 Å². The maximum atomic E-state index is 9.11. The maximum Gasteiger partial charge on any atom is 0.300 e. The fraction of sp³-hybridized carbons (Fsp3) is 0.150. The highest BCUT2D eigenvalue weighted by Crippen LogP contribution is 2.30. The number of carboxylic acid groups (broad SMARTS) is 1. The molecular weight excluding hydrogens is 314 g/mol. The minimum absolute atomic E-state index is 0.516. The number of fused-ring (bicyclic) bond motifs is 1. The molecule has 0 bridgehead atoms. The number of aromatic nitrogens is 1. The smallest absolute Gasteiger partial charge is 0.300 e. The van der Waals surface area contributed by atoms with Crippen LogP contribution in [0.15, 0.2) is 48.5 Å². The third kappa shape index (κ3) is 3.75. The fourth-order valence-electron chi connectivity index (χ4n) is 2.87. The highest BCUT2D eigenvalue weighted by Gasteiger charge is 2.16. The molecule has 5 heteroatoms. The van der Waals surface area contributed by atoms with E-state index in [9.17, 15) is 0 Å². The van der Waals surface area contributed by atoms with Gasteiger partial charge in [-0.25, -0.2) is 0 Å². The molecule has 25 heavy (non-hydrogen) atoms. The molecule has 2 aromatic carbocycles. The molecule has 0 unspecified atom stereocenters. The minimum Gasteiger partial charge on any atom is -0.481 e. The maximum absolute atomic E-state index is 9.11. The molecule has 0 atom stereocenters. The molecule has 0 radical (unpaired) electrons. The monoisotopic (exact) mass is 333 g/mol. The largest absolute Gasteiger partial charge is 0.481 e. The van der Waals surface area contributed by atoms with Crippen LogP contribution in [-0.2, 0) is 4.79 Å². The van der Waals surface area contributed by atoms with Crippen LogP contribution in [-0.4, -0.2) is 21.4 Å². The van der Waals surface area contributed by atoms with Crippen LogP contribution in [0.1, 0.15) is 30.7 Å². The molecule has 0 fully saturated rings. The van der Waals surface area contributed by atoms with E-state index in [1.165, 1.54) is 0 Å². The first-order chi connectivity index (χ1) is 11.9. The van der Waals surface area contributed by atoms with Gasteiger partial charge < -0.3 is 15.1 Å². The lowest BCUT2D eigenvalue weighted by Crippen LogP contribution is -1.99. The molecule has 3 rings (SSSR count). The van der Waals surface area contributed by atoms with Crippen molar-refractivity contribution in [2.75, 3.05) is 0 Å². The Kier molecular flexibility index (Phi) is 5.35. The number of carbonyl (C=O) groups is 1. The fourth-order valence-corrected chi connectivity index (χ4v) is 2.87. The number of hydrogen-bond acceptors (Lipinski definition) is 3. The van der Waals surface area contributed by atoms with E-state index in [0.717, 1.165) is 34.8 Å². The second-order valence-corrected chi connectivity index (χ2v) is 5.62. The van der Waals surface area contributed by atoms with Gasteiger partial charge >= 0.3 is 0 Å².